The zero-order valence-corrected chi connectivity index (χ0v) is 3.45. The largest absolute Gasteiger partial charge is 0.400 e. The van der Waals surface area contributed by atoms with Crippen LogP contribution >= 0.6 is 0 Å². The third kappa shape index (κ3) is 9510. The number of hydrogen-bond donors (Lipinski definition) is 1. The van der Waals surface area contributed by atoms with Crippen molar-refractivity contribution in [3.8, 4) is 0 Å². The Kier molecular flexibility index (Phi) is 87800. The Balaban J connectivity index is -0.0000000133. The molecule has 0 aliphatic heterocycles. The van der Waals surface area contributed by atoms with Gasteiger partial charge in [-0.2, -0.15) is 0 Å². The molecule has 0 unspecified atom stereocenters. The molecule has 0 saturated heterocycles. The van der Waals surface area contributed by atoms with Crippen molar-refractivity contribution in [2.75, 3.05) is 7.11 Å². The van der Waals surface area contributed by atoms with E-state index in [2.05, 4.69) is 0 Å². The van der Waals surface area contributed by atoms with E-state index in [1.165, 1.54) is 0 Å². The lowest BCUT2D eigenvalue weighted by atomic mass is 11.0. The van der Waals surface area contributed by atoms with Gasteiger partial charge in [0.2, 0.25) is 0 Å². The summed E-state index contributed by atoms with van der Waals surface area (Å²) in [4.78, 5) is 0. The maximum absolute atomic E-state index is 7.00. The van der Waals surface area contributed by atoms with Crippen LogP contribution in [0.5, 0.6) is 0 Å². The van der Waals surface area contributed by atoms with Crippen LogP contribution in [0.1, 0.15) is 21.3 Å². The smallest absolute Gasteiger partial charge is 0.0319 e. The number of hydrogen-bond acceptors (Lipinski definition) is 1. The number of aliphatic hydroxyl groups is 1. The van der Waals surface area contributed by atoms with Crippen LogP contribution in [-0.2, 0) is 0 Å². The summed E-state index contributed by atoms with van der Waals surface area (Å²) in [6.45, 7) is 4.00. The average molecular weight is 78.2 g/mol. The molecule has 1 N–H and O–H groups in total. The van der Waals surface area contributed by atoms with Crippen LogP contribution in [0.15, 0.2) is 0 Å². The summed E-state index contributed by atoms with van der Waals surface area (Å²) in [5.41, 5.74) is 0. The average Bonchev–Trinajstić information content (AvgIpc) is 1.50. The van der Waals surface area contributed by atoms with Gasteiger partial charge in [0.15, 0.2) is 0 Å². The Bertz CT molecular complexity index is 3.61. The van der Waals surface area contributed by atoms with E-state index in [4.69, 9.17) is 5.11 Å². The zero-order valence-electron chi connectivity index (χ0n) is 3.45. The molecule has 0 radical (unpaired) electrons. The first-order valence-corrected chi connectivity index (χ1v) is 1.45. The Hall–Kier alpha value is -0.0400. The van der Waals surface area contributed by atoms with Crippen LogP contribution in [-0.4, -0.2) is 12.2 Å². The van der Waals surface area contributed by atoms with Crippen molar-refractivity contribution in [2.24, 2.45) is 0 Å². The second kappa shape index (κ2) is 21700. The Labute approximate surface area is 34.6 Å². The topological polar surface area (TPSA) is 20.2 Å². The molecule has 1 nitrogen and oxygen atoms in total. The minimum Gasteiger partial charge on any atom is -0.400 e. The maximum atomic E-state index is 7.00. The van der Waals surface area contributed by atoms with Crippen molar-refractivity contribution in [2.45, 2.75) is 21.3 Å². The monoisotopic (exact) mass is 78.1 g/mol. The molecule has 0 aromatic carbocycles. The zero-order chi connectivity index (χ0) is 4.00. The van der Waals surface area contributed by atoms with E-state index < -0.39 is 0 Å². The van der Waals surface area contributed by atoms with Crippen molar-refractivity contribution in [3.05, 3.63) is 0 Å². The van der Waals surface area contributed by atoms with Crippen LogP contribution in [0.2, 0.25) is 0 Å². The summed E-state index contributed by atoms with van der Waals surface area (Å²) in [5.74, 6) is 0. The van der Waals surface area contributed by atoms with Gasteiger partial charge in [-0.05, 0) is 0 Å². The lowest BCUT2D eigenvalue weighted by Gasteiger charge is -1.21. The predicted molar refractivity (Wildman–Crippen MR) is 26.2 cm³/mol. The summed E-state index contributed by atoms with van der Waals surface area (Å²) in [5, 5.41) is 7.00. The normalized spacial score (nSPS) is 2.40. The lowest BCUT2D eigenvalue weighted by molar-refractivity contribution is 0.399. The van der Waals surface area contributed by atoms with Gasteiger partial charge in [0.05, 0.1) is 0 Å². The van der Waals surface area contributed by atoms with E-state index in [1.54, 1.807) is 0 Å². The van der Waals surface area contributed by atoms with Gasteiger partial charge in [0.1, 0.15) is 0 Å². The minimum absolute atomic E-state index is 0. The van der Waals surface area contributed by atoms with Crippen LogP contribution in [0.3, 0.4) is 0 Å². The molecule has 0 saturated carbocycles. The fraction of sp³-hybridized carbons (Fsp3) is 1.00. The van der Waals surface area contributed by atoms with Gasteiger partial charge in [-0.1, -0.05) is 21.3 Å². The molecule has 0 aromatic heterocycles. The molecule has 0 fully saturated rings. The highest BCUT2D eigenvalue weighted by atomic mass is 16.2. The maximum Gasteiger partial charge on any atom is 0.0319 e. The van der Waals surface area contributed by atoms with Gasteiger partial charge < -0.3 is 5.11 Å². The van der Waals surface area contributed by atoms with E-state index in [0.29, 0.717) is 0 Å². The van der Waals surface area contributed by atoms with Crippen molar-refractivity contribution in [3.63, 3.8) is 0 Å². The highest BCUT2D eigenvalue weighted by Crippen LogP contribution is 1.14. The molecule has 0 atom stereocenters. The van der Waals surface area contributed by atoms with Crippen LogP contribution in [0.25, 0.3) is 0 Å². The van der Waals surface area contributed by atoms with Crippen molar-refractivity contribution in [1.82, 2.24) is 0 Å². The van der Waals surface area contributed by atoms with E-state index >= 15 is 0 Å². The first-order chi connectivity index (χ1) is 2.00. The standard InChI is InChI=1S/C2H6.CH4O.CH4/c2*1-2;/h1-2H3;2H,1H3;1H4. The molecule has 5 heavy (non-hydrogen) atoms. The Morgan fingerprint density at radius 1 is 1.00 bits per heavy atom. The molecule has 1 heteroatoms. The number of rotatable bonds is 0. The molecule has 0 bridgehead atoms. The highest BCUT2D eigenvalue weighted by molar-refractivity contribution is 3.50. The minimum atomic E-state index is 0. The first-order valence-electron chi connectivity index (χ1n) is 1.45. The molecular formula is C4H14O. The van der Waals surface area contributed by atoms with Crippen molar-refractivity contribution < 1.29 is 5.11 Å². The number of aliphatic hydroxyl groups excluding tert-OH is 1. The third-order valence-electron chi connectivity index (χ3n) is 0. The summed E-state index contributed by atoms with van der Waals surface area (Å²) < 4.78 is 0. The fourth-order valence-corrected chi connectivity index (χ4v) is 0. The van der Waals surface area contributed by atoms with Crippen molar-refractivity contribution in [1.29, 1.82) is 0 Å². The van der Waals surface area contributed by atoms with Crippen LogP contribution < -0.4 is 0 Å². The Morgan fingerprint density at radius 3 is 1.00 bits per heavy atom. The van der Waals surface area contributed by atoms with Gasteiger partial charge in [0, 0.05) is 7.11 Å². The predicted octanol–water partition coefficient (Wildman–Crippen LogP) is 1.27. The Morgan fingerprint density at radius 2 is 1.00 bits per heavy atom. The van der Waals surface area contributed by atoms with E-state index in [0.717, 1.165) is 7.11 Å². The SMILES string of the molecule is C.CC.CO. The molecule has 0 aliphatic carbocycles. The first kappa shape index (κ1) is 20.2. The van der Waals surface area contributed by atoms with E-state index in [9.17, 15) is 0 Å². The molecule has 0 rings (SSSR count). The molecule has 0 spiro atoms. The molecule has 0 aromatic rings. The van der Waals surface area contributed by atoms with Crippen LogP contribution in [0, 0.1) is 0 Å². The van der Waals surface area contributed by atoms with Gasteiger partial charge in [-0.3, -0.25) is 0 Å². The summed E-state index contributed by atoms with van der Waals surface area (Å²) in [6.07, 6.45) is 0. The second-order valence-corrected chi connectivity index (χ2v) is 0. The quantitative estimate of drug-likeness (QED) is 0.462. The molecule has 0 heterocycles. The van der Waals surface area contributed by atoms with Gasteiger partial charge in [-0.15, -0.1) is 0 Å². The lowest BCUT2D eigenvalue weighted by Crippen LogP contribution is -1.25. The fourth-order valence-electron chi connectivity index (χ4n) is 0. The molecule has 36 valence electrons. The van der Waals surface area contributed by atoms with Gasteiger partial charge >= 0.3 is 0 Å². The van der Waals surface area contributed by atoms with E-state index in [1.807, 2.05) is 13.8 Å². The van der Waals surface area contributed by atoms with Crippen LogP contribution in [0.4, 0.5) is 0 Å². The molecule has 0 amide bonds. The molecule has 0 aliphatic rings. The third-order valence-corrected chi connectivity index (χ3v) is 0. The van der Waals surface area contributed by atoms with Gasteiger partial charge in [0.25, 0.3) is 0 Å². The highest BCUT2D eigenvalue weighted by Gasteiger charge is 0.932. The van der Waals surface area contributed by atoms with E-state index in [-0.39, 0.29) is 7.43 Å². The molecular weight excluding hydrogens is 64.0 g/mol. The van der Waals surface area contributed by atoms with Crippen molar-refractivity contribution >= 4 is 0 Å². The second-order valence-electron chi connectivity index (χ2n) is 0. The summed E-state index contributed by atoms with van der Waals surface area (Å²) in [7, 11) is 1.00. The van der Waals surface area contributed by atoms with Gasteiger partial charge in [-0.25, -0.2) is 0 Å². The summed E-state index contributed by atoms with van der Waals surface area (Å²) >= 11 is 0. The summed E-state index contributed by atoms with van der Waals surface area (Å²) in [6, 6.07) is 0.